The second-order valence-corrected chi connectivity index (χ2v) is 5.07. The number of nitrogens with one attached hydrogen (secondary N) is 1. The molecule has 0 atom stereocenters. The Bertz CT molecular complexity index is 579. The summed E-state index contributed by atoms with van der Waals surface area (Å²) in [4.78, 5) is 14.8. The van der Waals surface area contributed by atoms with Crippen molar-refractivity contribution in [2.75, 3.05) is 51.7 Å². The molecule has 114 valence electrons. The van der Waals surface area contributed by atoms with Crippen LogP contribution < -0.4 is 11.1 Å². The highest BCUT2D eigenvalue weighted by molar-refractivity contribution is 5.80. The molecule has 1 saturated heterocycles. The van der Waals surface area contributed by atoms with Crippen molar-refractivity contribution in [2.24, 2.45) is 0 Å². The third-order valence-electron chi connectivity index (χ3n) is 3.67. The van der Waals surface area contributed by atoms with Crippen molar-refractivity contribution < 1.29 is 4.74 Å². The summed E-state index contributed by atoms with van der Waals surface area (Å²) in [6.45, 7) is 7.49. The van der Waals surface area contributed by atoms with Gasteiger partial charge in [-0.3, -0.25) is 4.90 Å². The van der Waals surface area contributed by atoms with E-state index in [1.165, 1.54) is 6.33 Å². The molecule has 2 aromatic heterocycles. The molecule has 1 fully saturated rings. The van der Waals surface area contributed by atoms with E-state index in [2.05, 4.69) is 25.2 Å². The van der Waals surface area contributed by atoms with Crippen LogP contribution in [0.15, 0.2) is 12.7 Å². The normalized spacial score (nSPS) is 16.6. The summed E-state index contributed by atoms with van der Waals surface area (Å²) >= 11 is 0. The molecule has 8 heteroatoms. The van der Waals surface area contributed by atoms with Crippen molar-refractivity contribution in [3.63, 3.8) is 0 Å². The van der Waals surface area contributed by atoms with Crippen molar-refractivity contribution in [1.82, 2.24) is 29.7 Å². The van der Waals surface area contributed by atoms with E-state index in [0.717, 1.165) is 58.1 Å². The predicted molar refractivity (Wildman–Crippen MR) is 79.9 cm³/mol. The largest absolute Gasteiger partial charge is 0.382 e. The second-order valence-electron chi connectivity index (χ2n) is 5.07. The molecular weight excluding hydrogens is 270 g/mol. The standard InChI is InChI=1S/C13H21N7O/c14-12-11-13(17-9-16-12)20(10-18-11)4-2-15-1-3-19-5-7-21-8-6-19/h9-10,15H,1-8H2,(H2,14,16,17). The Morgan fingerprint density at radius 3 is 2.81 bits per heavy atom. The van der Waals surface area contributed by atoms with E-state index in [1.54, 1.807) is 6.33 Å². The lowest BCUT2D eigenvalue weighted by Crippen LogP contribution is -2.40. The number of hydrogen-bond donors (Lipinski definition) is 2. The van der Waals surface area contributed by atoms with Crippen LogP contribution in [-0.4, -0.2) is 70.4 Å². The molecule has 0 unspecified atom stereocenters. The van der Waals surface area contributed by atoms with Gasteiger partial charge in [0.1, 0.15) is 11.8 Å². The first kappa shape index (κ1) is 14.2. The summed E-state index contributed by atoms with van der Waals surface area (Å²) in [5.41, 5.74) is 7.23. The number of nitrogens with zero attached hydrogens (tertiary/aromatic N) is 5. The van der Waals surface area contributed by atoms with Crippen molar-refractivity contribution in [2.45, 2.75) is 6.54 Å². The Morgan fingerprint density at radius 1 is 1.14 bits per heavy atom. The van der Waals surface area contributed by atoms with Crippen LogP contribution in [0.5, 0.6) is 0 Å². The summed E-state index contributed by atoms with van der Waals surface area (Å²) in [6.07, 6.45) is 3.24. The van der Waals surface area contributed by atoms with Gasteiger partial charge in [0.05, 0.1) is 19.5 Å². The quantitative estimate of drug-likeness (QED) is 0.682. The third-order valence-corrected chi connectivity index (χ3v) is 3.67. The fourth-order valence-corrected chi connectivity index (χ4v) is 2.45. The second kappa shape index (κ2) is 6.79. The Morgan fingerprint density at radius 2 is 1.95 bits per heavy atom. The Hall–Kier alpha value is -1.77. The van der Waals surface area contributed by atoms with Crippen LogP contribution in [0.3, 0.4) is 0 Å². The summed E-state index contributed by atoms with van der Waals surface area (Å²) in [6, 6.07) is 0. The van der Waals surface area contributed by atoms with Crippen molar-refractivity contribution in [3.8, 4) is 0 Å². The number of imidazole rings is 1. The zero-order valence-electron chi connectivity index (χ0n) is 12.0. The number of ether oxygens (including phenoxy) is 1. The Kier molecular flexibility index (Phi) is 4.59. The van der Waals surface area contributed by atoms with E-state index in [1.807, 2.05) is 4.57 Å². The SMILES string of the molecule is Nc1ncnc2c1ncn2CCNCCN1CCOCC1. The number of nitrogens with two attached hydrogens (primary N) is 1. The van der Waals surface area contributed by atoms with Gasteiger partial charge >= 0.3 is 0 Å². The molecule has 1 aliphatic rings. The van der Waals surface area contributed by atoms with E-state index in [4.69, 9.17) is 10.5 Å². The van der Waals surface area contributed by atoms with Crippen LogP contribution >= 0.6 is 0 Å². The third kappa shape index (κ3) is 3.46. The van der Waals surface area contributed by atoms with Gasteiger partial charge in [-0.2, -0.15) is 0 Å². The minimum absolute atomic E-state index is 0.430. The number of rotatable bonds is 6. The van der Waals surface area contributed by atoms with E-state index >= 15 is 0 Å². The van der Waals surface area contributed by atoms with Crippen LogP contribution in [0, 0.1) is 0 Å². The summed E-state index contributed by atoms with van der Waals surface area (Å²) in [7, 11) is 0. The first-order valence-electron chi connectivity index (χ1n) is 7.27. The molecule has 1 aliphatic heterocycles. The molecule has 0 amide bonds. The lowest BCUT2D eigenvalue weighted by atomic mass is 10.4. The average molecular weight is 291 g/mol. The fraction of sp³-hybridized carbons (Fsp3) is 0.615. The smallest absolute Gasteiger partial charge is 0.165 e. The highest BCUT2D eigenvalue weighted by atomic mass is 16.5. The number of aromatic nitrogens is 4. The molecule has 0 aliphatic carbocycles. The molecule has 3 rings (SSSR count). The van der Waals surface area contributed by atoms with E-state index in [0.29, 0.717) is 11.3 Å². The minimum Gasteiger partial charge on any atom is -0.382 e. The minimum atomic E-state index is 0.430. The van der Waals surface area contributed by atoms with Crippen LogP contribution in [0.1, 0.15) is 0 Å². The molecule has 3 N–H and O–H groups in total. The molecule has 8 nitrogen and oxygen atoms in total. The van der Waals surface area contributed by atoms with E-state index in [9.17, 15) is 0 Å². The average Bonchev–Trinajstić information content (AvgIpc) is 2.93. The van der Waals surface area contributed by atoms with Gasteiger partial charge in [-0.05, 0) is 0 Å². The zero-order valence-corrected chi connectivity index (χ0v) is 12.0. The van der Waals surface area contributed by atoms with E-state index in [-0.39, 0.29) is 0 Å². The van der Waals surface area contributed by atoms with Crippen molar-refractivity contribution in [3.05, 3.63) is 12.7 Å². The number of hydrogen-bond acceptors (Lipinski definition) is 7. The van der Waals surface area contributed by atoms with E-state index < -0.39 is 0 Å². The fourth-order valence-electron chi connectivity index (χ4n) is 2.45. The maximum Gasteiger partial charge on any atom is 0.165 e. The van der Waals surface area contributed by atoms with Gasteiger partial charge in [0.2, 0.25) is 0 Å². The van der Waals surface area contributed by atoms with Crippen molar-refractivity contribution >= 4 is 17.0 Å². The number of fused-ring (bicyclic) bond motifs is 1. The first-order valence-corrected chi connectivity index (χ1v) is 7.27. The van der Waals surface area contributed by atoms with Gasteiger partial charge in [-0.25, -0.2) is 15.0 Å². The molecule has 2 aromatic rings. The highest BCUT2D eigenvalue weighted by Gasteiger charge is 2.09. The van der Waals surface area contributed by atoms with Gasteiger partial charge in [-0.15, -0.1) is 0 Å². The maximum atomic E-state index is 5.77. The Balaban J connectivity index is 1.43. The molecule has 0 saturated carbocycles. The molecule has 21 heavy (non-hydrogen) atoms. The van der Waals surface area contributed by atoms with Gasteiger partial charge in [-0.1, -0.05) is 0 Å². The summed E-state index contributed by atoms with van der Waals surface area (Å²) in [5, 5.41) is 3.44. The molecule has 0 spiro atoms. The van der Waals surface area contributed by atoms with Crippen LogP contribution in [0.2, 0.25) is 0 Å². The molecular formula is C13H21N7O. The Labute approximate surface area is 123 Å². The topological polar surface area (TPSA) is 94.1 Å². The van der Waals surface area contributed by atoms with Gasteiger partial charge in [0, 0.05) is 39.3 Å². The maximum absolute atomic E-state index is 5.77. The van der Waals surface area contributed by atoms with Gasteiger partial charge < -0.3 is 20.4 Å². The molecule has 0 aromatic carbocycles. The van der Waals surface area contributed by atoms with Crippen molar-refractivity contribution in [1.29, 1.82) is 0 Å². The number of anilines is 1. The molecule has 0 bridgehead atoms. The van der Waals surface area contributed by atoms with Crippen LogP contribution in [-0.2, 0) is 11.3 Å². The number of nitrogen functional groups attached to an aromatic ring is 1. The first-order chi connectivity index (χ1) is 10.3. The molecule has 3 heterocycles. The predicted octanol–water partition coefficient (Wildman–Crippen LogP) is -0.670. The summed E-state index contributed by atoms with van der Waals surface area (Å²) in [5.74, 6) is 0.430. The highest BCUT2D eigenvalue weighted by Crippen LogP contribution is 2.13. The summed E-state index contributed by atoms with van der Waals surface area (Å²) < 4.78 is 7.33. The zero-order chi connectivity index (χ0) is 14.5. The molecule has 0 radical (unpaired) electrons. The lowest BCUT2D eigenvalue weighted by Gasteiger charge is -2.26. The number of morpholine rings is 1. The van der Waals surface area contributed by atoms with Crippen LogP contribution in [0.4, 0.5) is 5.82 Å². The van der Waals surface area contributed by atoms with Gasteiger partial charge in [0.15, 0.2) is 11.5 Å². The van der Waals surface area contributed by atoms with Gasteiger partial charge in [0.25, 0.3) is 0 Å². The van der Waals surface area contributed by atoms with Crippen LogP contribution in [0.25, 0.3) is 11.2 Å². The monoisotopic (exact) mass is 291 g/mol. The lowest BCUT2D eigenvalue weighted by molar-refractivity contribution is 0.0384.